The molecule has 0 aromatic carbocycles. The Labute approximate surface area is 202 Å². The van der Waals surface area contributed by atoms with Crippen LogP contribution in [-0.4, -0.2) is 23.2 Å². The molecule has 3 heteroatoms. The molecule has 0 radical (unpaired) electrons. The van der Waals surface area contributed by atoms with E-state index in [1.807, 2.05) is 13.8 Å². The van der Waals surface area contributed by atoms with Crippen LogP contribution in [0.15, 0.2) is 59.9 Å². The number of hydrogen-bond acceptors (Lipinski definition) is 2. The van der Waals surface area contributed by atoms with E-state index in [1.165, 1.54) is 44.1 Å². The number of allylic oxidation sites excluding steroid dienone is 7. The number of ether oxygens (including phenoxy) is 1. The predicted octanol–water partition coefficient (Wildman–Crippen LogP) is 8.43. The summed E-state index contributed by atoms with van der Waals surface area (Å²) < 4.78 is 5.20. The van der Waals surface area contributed by atoms with Gasteiger partial charge in [-0.05, 0) is 82.6 Å². The number of alkyl halides is 1. The van der Waals surface area contributed by atoms with Crippen LogP contribution in [0.25, 0.3) is 0 Å². The van der Waals surface area contributed by atoms with Gasteiger partial charge in [-0.15, -0.1) is 11.6 Å². The molecule has 0 saturated heterocycles. The maximum Gasteiger partial charge on any atom is 0.0888 e. The Morgan fingerprint density at radius 2 is 2.00 bits per heavy atom. The first kappa shape index (κ1) is 27.0. The lowest BCUT2D eigenvalue weighted by atomic mass is 9.82. The van der Waals surface area contributed by atoms with Crippen molar-refractivity contribution in [2.75, 3.05) is 6.61 Å². The van der Waals surface area contributed by atoms with Crippen LogP contribution in [0.2, 0.25) is 0 Å². The summed E-state index contributed by atoms with van der Waals surface area (Å²) in [5.74, 6) is 2.03. The molecule has 3 aliphatic rings. The molecule has 0 amide bonds. The molecule has 32 heavy (non-hydrogen) atoms. The van der Waals surface area contributed by atoms with E-state index in [9.17, 15) is 5.11 Å². The van der Waals surface area contributed by atoms with Gasteiger partial charge in [-0.25, -0.2) is 0 Å². The van der Waals surface area contributed by atoms with Gasteiger partial charge in [0.05, 0.1) is 18.5 Å². The Morgan fingerprint density at radius 3 is 2.66 bits per heavy atom. The average Bonchev–Trinajstić information content (AvgIpc) is 3.09. The van der Waals surface area contributed by atoms with Gasteiger partial charge in [0.2, 0.25) is 0 Å². The van der Waals surface area contributed by atoms with E-state index in [4.69, 9.17) is 16.3 Å². The summed E-state index contributed by atoms with van der Waals surface area (Å²) >= 11 is 6.25. The summed E-state index contributed by atoms with van der Waals surface area (Å²) in [7, 11) is 0. The predicted molar refractivity (Wildman–Crippen MR) is 139 cm³/mol. The van der Waals surface area contributed by atoms with Crippen molar-refractivity contribution in [2.24, 2.45) is 11.8 Å². The standard InChI is InChI=1S/C19H27ClO.C10H18O/c20-18-12-11-17(13-18)14-7-4-8-16(10-9-14)19(21)15-5-2-1-3-6-15;1-4-6-7-8-9-10(3)11-5-2/h4,8-10,15,17-19,21H,1-3,5-7,11-13H2;4,6H,3,5,7-9H2,1-2H3/b;6-4-. The van der Waals surface area contributed by atoms with E-state index in [0.29, 0.717) is 17.2 Å². The molecule has 0 spiro atoms. The molecule has 0 heterocycles. The Bertz CT molecular complexity index is 667. The quantitative estimate of drug-likeness (QED) is 0.162. The molecule has 180 valence electrons. The monoisotopic (exact) mass is 460 g/mol. The Kier molecular flexibility index (Phi) is 13.1. The second kappa shape index (κ2) is 15.6. The number of hydrogen-bond donors (Lipinski definition) is 1. The molecular weight excluding hydrogens is 416 g/mol. The van der Waals surface area contributed by atoms with Crippen LogP contribution in [-0.2, 0) is 4.74 Å². The van der Waals surface area contributed by atoms with Gasteiger partial charge in [-0.1, -0.05) is 67.9 Å². The molecule has 0 aromatic rings. The lowest BCUT2D eigenvalue weighted by molar-refractivity contribution is 0.118. The molecule has 2 fully saturated rings. The van der Waals surface area contributed by atoms with Crippen molar-refractivity contribution in [1.82, 2.24) is 0 Å². The first-order valence-electron chi connectivity index (χ1n) is 12.9. The van der Waals surface area contributed by atoms with Gasteiger partial charge in [-0.3, -0.25) is 0 Å². The van der Waals surface area contributed by atoms with Crippen molar-refractivity contribution in [3.05, 3.63) is 59.9 Å². The van der Waals surface area contributed by atoms with Gasteiger partial charge < -0.3 is 9.84 Å². The molecule has 3 atom stereocenters. The van der Waals surface area contributed by atoms with Gasteiger partial charge in [0.25, 0.3) is 0 Å². The molecule has 2 saturated carbocycles. The van der Waals surface area contributed by atoms with Crippen molar-refractivity contribution in [3.8, 4) is 0 Å². The first-order valence-corrected chi connectivity index (χ1v) is 13.3. The molecule has 3 aliphatic carbocycles. The first-order chi connectivity index (χ1) is 15.5. The van der Waals surface area contributed by atoms with E-state index in [0.717, 1.165) is 56.5 Å². The zero-order chi connectivity index (χ0) is 23.2. The van der Waals surface area contributed by atoms with Crippen molar-refractivity contribution in [2.45, 2.75) is 102 Å². The van der Waals surface area contributed by atoms with Crippen molar-refractivity contribution in [1.29, 1.82) is 0 Å². The van der Waals surface area contributed by atoms with Gasteiger partial charge in [0.1, 0.15) is 0 Å². The maximum absolute atomic E-state index is 10.6. The lowest BCUT2D eigenvalue weighted by Crippen LogP contribution is -2.24. The molecule has 2 nitrogen and oxygen atoms in total. The zero-order valence-electron chi connectivity index (χ0n) is 20.4. The number of unbranched alkanes of at least 4 members (excludes halogenated alkanes) is 1. The topological polar surface area (TPSA) is 29.5 Å². The fraction of sp³-hybridized carbons (Fsp3) is 0.655. The molecule has 1 N–H and O–H groups in total. The number of aliphatic hydroxyl groups is 1. The Morgan fingerprint density at radius 1 is 1.22 bits per heavy atom. The van der Waals surface area contributed by atoms with E-state index >= 15 is 0 Å². The highest BCUT2D eigenvalue weighted by atomic mass is 35.5. The van der Waals surface area contributed by atoms with E-state index in [-0.39, 0.29) is 6.10 Å². The second-order valence-corrected chi connectivity index (χ2v) is 10.0. The molecule has 3 rings (SSSR count). The fourth-order valence-corrected chi connectivity index (χ4v) is 5.34. The van der Waals surface area contributed by atoms with E-state index in [1.54, 1.807) is 0 Å². The third kappa shape index (κ3) is 9.71. The molecule has 0 aromatic heterocycles. The highest BCUT2D eigenvalue weighted by Crippen LogP contribution is 2.37. The molecule has 0 bridgehead atoms. The summed E-state index contributed by atoms with van der Waals surface area (Å²) in [6.45, 7) is 8.56. The van der Waals surface area contributed by atoms with Crippen LogP contribution >= 0.6 is 11.6 Å². The van der Waals surface area contributed by atoms with Gasteiger partial charge in [0, 0.05) is 11.8 Å². The van der Waals surface area contributed by atoms with Gasteiger partial charge in [0.15, 0.2) is 0 Å². The van der Waals surface area contributed by atoms with Crippen molar-refractivity contribution in [3.63, 3.8) is 0 Å². The highest BCUT2D eigenvalue weighted by molar-refractivity contribution is 6.20. The van der Waals surface area contributed by atoms with Crippen molar-refractivity contribution < 1.29 is 9.84 Å². The van der Waals surface area contributed by atoms with Crippen LogP contribution < -0.4 is 0 Å². The fourth-order valence-electron chi connectivity index (χ4n) is 5.00. The third-order valence-corrected chi connectivity index (χ3v) is 7.29. The minimum absolute atomic E-state index is 0.276. The van der Waals surface area contributed by atoms with E-state index in [2.05, 4.69) is 43.0 Å². The van der Waals surface area contributed by atoms with Gasteiger partial charge >= 0.3 is 0 Å². The summed E-state index contributed by atoms with van der Waals surface area (Å²) in [6, 6.07) is 0. The van der Waals surface area contributed by atoms with Crippen LogP contribution in [0.4, 0.5) is 0 Å². The maximum atomic E-state index is 10.6. The highest BCUT2D eigenvalue weighted by Gasteiger charge is 2.27. The summed E-state index contributed by atoms with van der Waals surface area (Å²) in [5.41, 5.74) is 2.61. The average molecular weight is 461 g/mol. The largest absolute Gasteiger partial charge is 0.499 e. The molecule has 0 aliphatic heterocycles. The Balaban J connectivity index is 0.000000282. The van der Waals surface area contributed by atoms with Gasteiger partial charge in [-0.2, -0.15) is 0 Å². The summed E-state index contributed by atoms with van der Waals surface area (Å²) in [4.78, 5) is 0. The summed E-state index contributed by atoms with van der Waals surface area (Å²) in [6.07, 6.45) is 26.8. The number of aliphatic hydroxyl groups excluding tert-OH is 1. The molecule has 3 unspecified atom stereocenters. The normalized spacial score (nSPS) is 24.9. The SMILES string of the molecule is C=C(CCC/C=C\C)OCC.OC(C1=CC=C(C2CCC(Cl)C2)CC=C1)C1CCCCC1. The second-order valence-electron chi connectivity index (χ2n) is 9.40. The van der Waals surface area contributed by atoms with Crippen LogP contribution in [0, 0.1) is 11.8 Å². The van der Waals surface area contributed by atoms with Crippen LogP contribution in [0.5, 0.6) is 0 Å². The van der Waals surface area contributed by atoms with E-state index < -0.39 is 0 Å². The summed E-state index contributed by atoms with van der Waals surface area (Å²) in [5, 5.41) is 11.0. The Hall–Kier alpha value is -1.25. The minimum Gasteiger partial charge on any atom is -0.499 e. The molecular formula is C29H45ClO2. The minimum atomic E-state index is -0.276. The van der Waals surface area contributed by atoms with Crippen molar-refractivity contribution >= 4 is 11.6 Å². The number of rotatable bonds is 9. The third-order valence-electron chi connectivity index (χ3n) is 6.90. The zero-order valence-corrected chi connectivity index (χ0v) is 21.2. The smallest absolute Gasteiger partial charge is 0.0888 e. The lowest BCUT2D eigenvalue weighted by Gasteiger charge is -2.27. The number of halogens is 1. The van der Waals surface area contributed by atoms with Crippen LogP contribution in [0.3, 0.4) is 0 Å². The van der Waals surface area contributed by atoms with Crippen LogP contribution in [0.1, 0.15) is 90.9 Å².